The topological polar surface area (TPSA) is 61.9 Å². The van der Waals surface area contributed by atoms with Crippen molar-refractivity contribution in [3.63, 3.8) is 0 Å². The second kappa shape index (κ2) is 10.4. The molecule has 0 bridgehead atoms. The maximum Gasteiger partial charge on any atom is 0.324 e. The van der Waals surface area contributed by atoms with Crippen molar-refractivity contribution in [2.24, 2.45) is 0 Å². The molecule has 0 saturated carbocycles. The number of halogens is 1. The molecule has 170 valence electrons. The van der Waals surface area contributed by atoms with E-state index in [4.69, 9.17) is 16.3 Å². The van der Waals surface area contributed by atoms with Gasteiger partial charge in [-0.15, -0.1) is 0 Å². The molecular weight excluding hydrogens is 438 g/mol. The van der Waals surface area contributed by atoms with Gasteiger partial charge in [-0.3, -0.25) is 9.69 Å². The van der Waals surface area contributed by atoms with E-state index >= 15 is 0 Å². The summed E-state index contributed by atoms with van der Waals surface area (Å²) in [5.74, 6) is 0.553. The molecule has 4 rings (SSSR count). The Morgan fingerprint density at radius 2 is 1.79 bits per heavy atom. The third-order valence-electron chi connectivity index (χ3n) is 5.61. The predicted octanol–water partition coefficient (Wildman–Crippen LogP) is 5.11. The minimum Gasteiger partial charge on any atom is -0.497 e. The number of carbonyl (C=O) groups is 2. The summed E-state index contributed by atoms with van der Waals surface area (Å²) >= 11 is 5.97. The van der Waals surface area contributed by atoms with Gasteiger partial charge < -0.3 is 15.0 Å². The van der Waals surface area contributed by atoms with E-state index in [0.29, 0.717) is 36.8 Å². The van der Waals surface area contributed by atoms with Crippen LogP contribution in [0.4, 0.5) is 10.5 Å². The molecule has 0 atom stereocenters. The molecule has 6 nitrogen and oxygen atoms in total. The van der Waals surface area contributed by atoms with Crippen LogP contribution in [0, 0.1) is 0 Å². The van der Waals surface area contributed by atoms with E-state index in [2.05, 4.69) is 5.32 Å². The summed E-state index contributed by atoms with van der Waals surface area (Å²) in [6.45, 7) is 2.22. The summed E-state index contributed by atoms with van der Waals surface area (Å²) in [5.41, 5.74) is 3.20. The SMILES string of the molecule is COc1cccc(CNC(=O)c2cccc(N3CCCN(Cc4ccc(Cl)cc4)C3=O)c2)c1. The zero-order valence-electron chi connectivity index (χ0n) is 18.5. The second-order valence-corrected chi connectivity index (χ2v) is 8.36. The Kier molecular flexibility index (Phi) is 7.15. The van der Waals surface area contributed by atoms with Crippen molar-refractivity contribution < 1.29 is 14.3 Å². The van der Waals surface area contributed by atoms with Crippen LogP contribution in [-0.4, -0.2) is 37.0 Å². The standard InChI is InChI=1S/C26H26ClN3O3/c1-33-24-8-2-5-20(15-24)17-28-25(31)21-6-3-7-23(16-21)30-14-4-13-29(26(30)32)18-19-9-11-22(27)12-10-19/h2-3,5-12,15-16H,4,13-14,17-18H2,1H3,(H,28,31). The van der Waals surface area contributed by atoms with Crippen molar-refractivity contribution in [1.82, 2.24) is 10.2 Å². The Hall–Kier alpha value is -3.51. The van der Waals surface area contributed by atoms with Crippen molar-refractivity contribution in [3.05, 3.63) is 94.5 Å². The molecule has 1 fully saturated rings. The summed E-state index contributed by atoms with van der Waals surface area (Å²) in [5, 5.41) is 3.61. The van der Waals surface area contributed by atoms with Gasteiger partial charge in [0.15, 0.2) is 0 Å². The number of nitrogens with zero attached hydrogens (tertiary/aromatic N) is 2. The Morgan fingerprint density at radius 3 is 2.58 bits per heavy atom. The van der Waals surface area contributed by atoms with E-state index < -0.39 is 0 Å². The van der Waals surface area contributed by atoms with E-state index in [0.717, 1.165) is 29.0 Å². The highest BCUT2D eigenvalue weighted by Gasteiger charge is 2.27. The summed E-state index contributed by atoms with van der Waals surface area (Å²) in [7, 11) is 1.61. The lowest BCUT2D eigenvalue weighted by atomic mass is 10.1. The number of amides is 3. The average Bonchev–Trinajstić information content (AvgIpc) is 2.85. The van der Waals surface area contributed by atoms with Crippen molar-refractivity contribution >= 4 is 29.2 Å². The van der Waals surface area contributed by atoms with Crippen molar-refractivity contribution in [2.75, 3.05) is 25.1 Å². The van der Waals surface area contributed by atoms with Gasteiger partial charge in [0.25, 0.3) is 5.91 Å². The number of ether oxygens (including phenoxy) is 1. The van der Waals surface area contributed by atoms with E-state index in [9.17, 15) is 9.59 Å². The first-order valence-corrected chi connectivity index (χ1v) is 11.2. The van der Waals surface area contributed by atoms with Gasteiger partial charge in [0.2, 0.25) is 0 Å². The first-order valence-electron chi connectivity index (χ1n) is 10.9. The fourth-order valence-electron chi connectivity index (χ4n) is 3.86. The molecule has 0 unspecified atom stereocenters. The number of nitrogens with one attached hydrogen (secondary N) is 1. The molecule has 0 aliphatic carbocycles. The number of benzene rings is 3. The van der Waals surface area contributed by atoms with Gasteiger partial charge in [-0.05, 0) is 60.0 Å². The van der Waals surface area contributed by atoms with Crippen LogP contribution in [0.3, 0.4) is 0 Å². The lowest BCUT2D eigenvalue weighted by Crippen LogP contribution is -2.49. The fourth-order valence-corrected chi connectivity index (χ4v) is 3.99. The minimum atomic E-state index is -0.192. The molecule has 7 heteroatoms. The number of carbonyl (C=O) groups excluding carboxylic acids is 2. The molecule has 3 aromatic rings. The molecule has 33 heavy (non-hydrogen) atoms. The van der Waals surface area contributed by atoms with E-state index in [1.807, 2.05) is 59.5 Å². The number of urea groups is 1. The molecule has 0 aromatic heterocycles. The smallest absolute Gasteiger partial charge is 0.324 e. The molecule has 1 N–H and O–H groups in total. The van der Waals surface area contributed by atoms with Crippen LogP contribution in [0.15, 0.2) is 72.8 Å². The lowest BCUT2D eigenvalue weighted by molar-refractivity contribution is 0.0950. The van der Waals surface area contributed by atoms with Gasteiger partial charge in [-0.2, -0.15) is 0 Å². The van der Waals surface area contributed by atoms with Crippen LogP contribution in [-0.2, 0) is 13.1 Å². The third kappa shape index (κ3) is 5.65. The summed E-state index contributed by atoms with van der Waals surface area (Å²) in [6, 6.07) is 22.2. The molecule has 0 spiro atoms. The summed E-state index contributed by atoms with van der Waals surface area (Å²) in [4.78, 5) is 29.5. The Morgan fingerprint density at radius 1 is 1.00 bits per heavy atom. The van der Waals surface area contributed by atoms with Gasteiger partial charge >= 0.3 is 6.03 Å². The van der Waals surface area contributed by atoms with E-state index in [1.165, 1.54) is 0 Å². The van der Waals surface area contributed by atoms with Crippen LogP contribution in [0.1, 0.15) is 27.9 Å². The Bertz CT molecular complexity index is 1130. The quantitative estimate of drug-likeness (QED) is 0.529. The zero-order chi connectivity index (χ0) is 23.2. The van der Waals surface area contributed by atoms with Crippen molar-refractivity contribution in [1.29, 1.82) is 0 Å². The number of hydrogen-bond acceptors (Lipinski definition) is 3. The van der Waals surface area contributed by atoms with Crippen LogP contribution in [0.2, 0.25) is 5.02 Å². The van der Waals surface area contributed by atoms with Crippen LogP contribution < -0.4 is 15.0 Å². The van der Waals surface area contributed by atoms with E-state index in [1.54, 1.807) is 30.2 Å². The molecule has 1 aliphatic heterocycles. The molecule has 3 aromatic carbocycles. The van der Waals surface area contributed by atoms with Crippen LogP contribution in [0.25, 0.3) is 0 Å². The zero-order valence-corrected chi connectivity index (χ0v) is 19.2. The Balaban J connectivity index is 1.43. The monoisotopic (exact) mass is 463 g/mol. The van der Waals surface area contributed by atoms with Gasteiger partial charge in [0, 0.05) is 42.5 Å². The lowest BCUT2D eigenvalue weighted by Gasteiger charge is -2.35. The second-order valence-electron chi connectivity index (χ2n) is 7.92. The van der Waals surface area contributed by atoms with Gasteiger partial charge in [-0.1, -0.05) is 41.9 Å². The summed E-state index contributed by atoms with van der Waals surface area (Å²) < 4.78 is 5.23. The van der Waals surface area contributed by atoms with Crippen molar-refractivity contribution in [3.8, 4) is 5.75 Å². The first-order chi connectivity index (χ1) is 16.0. The molecule has 1 aliphatic rings. The highest BCUT2D eigenvalue weighted by atomic mass is 35.5. The molecule has 0 radical (unpaired) electrons. The summed E-state index contributed by atoms with van der Waals surface area (Å²) in [6.07, 6.45) is 0.853. The van der Waals surface area contributed by atoms with E-state index in [-0.39, 0.29) is 11.9 Å². The molecule has 3 amide bonds. The molecule has 1 saturated heterocycles. The predicted molar refractivity (Wildman–Crippen MR) is 130 cm³/mol. The maximum atomic E-state index is 13.2. The van der Waals surface area contributed by atoms with Gasteiger partial charge in [0.1, 0.15) is 5.75 Å². The number of anilines is 1. The number of rotatable bonds is 7. The number of methoxy groups -OCH3 is 1. The third-order valence-corrected chi connectivity index (χ3v) is 5.86. The largest absolute Gasteiger partial charge is 0.497 e. The molecule has 1 heterocycles. The van der Waals surface area contributed by atoms with Crippen LogP contribution >= 0.6 is 11.6 Å². The maximum absolute atomic E-state index is 13.2. The molecular formula is C26H26ClN3O3. The average molecular weight is 464 g/mol. The van der Waals surface area contributed by atoms with Crippen molar-refractivity contribution in [2.45, 2.75) is 19.5 Å². The van der Waals surface area contributed by atoms with Gasteiger partial charge in [-0.25, -0.2) is 4.79 Å². The Labute approximate surface area is 198 Å². The minimum absolute atomic E-state index is 0.0647. The highest BCUT2D eigenvalue weighted by Crippen LogP contribution is 2.23. The van der Waals surface area contributed by atoms with Crippen LogP contribution in [0.5, 0.6) is 5.75 Å². The number of hydrogen-bond donors (Lipinski definition) is 1. The first kappa shape index (κ1) is 22.7. The van der Waals surface area contributed by atoms with Gasteiger partial charge in [0.05, 0.1) is 7.11 Å². The normalized spacial score (nSPS) is 13.7. The highest BCUT2D eigenvalue weighted by molar-refractivity contribution is 6.30. The fraction of sp³-hybridized carbons (Fsp3) is 0.231.